The monoisotopic (exact) mass is 276 g/mol. The first kappa shape index (κ1) is 14.6. The fourth-order valence-corrected chi connectivity index (χ4v) is 2.38. The van der Waals surface area contributed by atoms with Gasteiger partial charge >= 0.3 is 0 Å². The summed E-state index contributed by atoms with van der Waals surface area (Å²) in [6.45, 7) is 1.76. The Hall–Kier alpha value is -2.80. The molecule has 3 heteroatoms. The predicted molar refractivity (Wildman–Crippen MR) is 85.7 cm³/mol. The second kappa shape index (κ2) is 6.58. The van der Waals surface area contributed by atoms with E-state index in [1.165, 1.54) is 0 Å². The number of H-pyrrole nitrogens is 1. The first-order valence-electron chi connectivity index (χ1n) is 6.59. The van der Waals surface area contributed by atoms with Crippen molar-refractivity contribution in [1.29, 1.82) is 0 Å². The average Bonchev–Trinajstić information content (AvgIpc) is 2.88. The lowest BCUT2D eigenvalue weighted by molar-refractivity contribution is 0.350. The summed E-state index contributed by atoms with van der Waals surface area (Å²) in [4.78, 5) is 5.18. The van der Waals surface area contributed by atoms with Crippen molar-refractivity contribution in [2.75, 3.05) is 19.6 Å². The minimum absolute atomic E-state index is 0.120. The second-order valence-corrected chi connectivity index (χ2v) is 4.71. The van der Waals surface area contributed by atoms with Crippen molar-refractivity contribution >= 4 is 10.9 Å². The first-order chi connectivity index (χ1) is 10.2. The third kappa shape index (κ3) is 3.03. The van der Waals surface area contributed by atoms with Crippen LogP contribution in [-0.4, -0.2) is 34.6 Å². The normalized spacial score (nSPS) is 10.2. The number of phenols is 1. The summed E-state index contributed by atoms with van der Waals surface area (Å²) in [6, 6.07) is 3.41. The number of hydrogen-bond donors (Lipinski definition) is 2. The number of aromatic nitrogens is 1. The van der Waals surface area contributed by atoms with Crippen LogP contribution >= 0.6 is 0 Å². The van der Waals surface area contributed by atoms with Gasteiger partial charge in [0, 0.05) is 23.6 Å². The molecule has 0 aliphatic rings. The van der Waals surface area contributed by atoms with Crippen molar-refractivity contribution in [3.05, 3.63) is 29.5 Å². The van der Waals surface area contributed by atoms with Gasteiger partial charge in [-0.25, -0.2) is 0 Å². The fourth-order valence-electron chi connectivity index (χ4n) is 2.38. The number of nitrogens with one attached hydrogen (secondary N) is 1. The molecule has 1 aromatic carbocycles. The Kier molecular flexibility index (Phi) is 4.57. The van der Waals surface area contributed by atoms with Crippen LogP contribution in [0.25, 0.3) is 10.9 Å². The Labute approximate surface area is 125 Å². The number of phenolic OH excluding ortho intramolecular Hbond substituents is 1. The number of fused-ring (bicyclic) bond motifs is 1. The highest BCUT2D eigenvalue weighted by Crippen LogP contribution is 2.29. The summed E-state index contributed by atoms with van der Waals surface area (Å²) in [5.74, 6) is 7.88. The molecule has 104 valence electrons. The van der Waals surface area contributed by atoms with Crippen LogP contribution in [0.2, 0.25) is 0 Å². The zero-order valence-electron chi connectivity index (χ0n) is 11.7. The number of terminal acetylenes is 3. The highest BCUT2D eigenvalue weighted by atomic mass is 16.3. The zero-order valence-corrected chi connectivity index (χ0v) is 11.7. The third-order valence-electron chi connectivity index (χ3n) is 3.38. The van der Waals surface area contributed by atoms with Crippen molar-refractivity contribution in [3.63, 3.8) is 0 Å². The third-order valence-corrected chi connectivity index (χ3v) is 3.38. The molecule has 2 aromatic rings. The molecule has 1 aromatic heterocycles. The largest absolute Gasteiger partial charge is 0.507 e. The van der Waals surface area contributed by atoms with Crippen LogP contribution in [0, 0.1) is 37.0 Å². The number of aromatic hydroxyl groups is 1. The molecular weight excluding hydrogens is 260 g/mol. The molecule has 21 heavy (non-hydrogen) atoms. The molecule has 0 radical (unpaired) electrons. The molecule has 1 heterocycles. The van der Waals surface area contributed by atoms with Crippen LogP contribution in [-0.2, 0) is 6.42 Å². The Morgan fingerprint density at radius 3 is 2.48 bits per heavy atom. The molecule has 0 spiro atoms. The van der Waals surface area contributed by atoms with E-state index < -0.39 is 0 Å². The predicted octanol–water partition coefficient (Wildman–Crippen LogP) is 1.97. The molecule has 0 amide bonds. The van der Waals surface area contributed by atoms with Gasteiger partial charge in [0.15, 0.2) is 0 Å². The molecule has 2 N–H and O–H groups in total. The van der Waals surface area contributed by atoms with E-state index >= 15 is 0 Å². The molecule has 0 aliphatic heterocycles. The van der Waals surface area contributed by atoms with Crippen molar-refractivity contribution in [1.82, 2.24) is 9.88 Å². The Balaban J connectivity index is 2.28. The van der Waals surface area contributed by atoms with E-state index in [1.54, 1.807) is 6.07 Å². The Bertz CT molecular complexity index is 749. The standard InChI is InChI=1S/C18H16N2O/c1-4-10-20(11-5-2)12-9-14-13-19-16-7-8-17(21)15(6-3)18(14)16/h1-3,7-8,13,19,21H,9-12H2. The van der Waals surface area contributed by atoms with E-state index in [4.69, 9.17) is 19.3 Å². The van der Waals surface area contributed by atoms with Crippen molar-refractivity contribution in [3.8, 4) is 42.8 Å². The maximum Gasteiger partial charge on any atom is 0.131 e. The van der Waals surface area contributed by atoms with E-state index in [1.807, 2.05) is 17.2 Å². The molecule has 2 rings (SSSR count). The number of aromatic amines is 1. The van der Waals surface area contributed by atoms with Crippen LogP contribution in [0.15, 0.2) is 18.3 Å². The number of nitrogens with zero attached hydrogens (tertiary/aromatic N) is 1. The van der Waals surface area contributed by atoms with Gasteiger partial charge in [-0.1, -0.05) is 17.8 Å². The van der Waals surface area contributed by atoms with Gasteiger partial charge < -0.3 is 10.1 Å². The van der Waals surface area contributed by atoms with Crippen molar-refractivity contribution in [2.24, 2.45) is 0 Å². The van der Waals surface area contributed by atoms with Crippen LogP contribution in [0.5, 0.6) is 5.75 Å². The summed E-state index contributed by atoms with van der Waals surface area (Å²) in [6.07, 6.45) is 18.8. The topological polar surface area (TPSA) is 39.3 Å². The second-order valence-electron chi connectivity index (χ2n) is 4.71. The lowest BCUT2D eigenvalue weighted by atomic mass is 10.0. The minimum Gasteiger partial charge on any atom is -0.507 e. The van der Waals surface area contributed by atoms with Gasteiger partial charge in [-0.3, -0.25) is 4.90 Å². The summed E-state index contributed by atoms with van der Waals surface area (Å²) < 4.78 is 0. The molecular formula is C18H16N2O. The van der Waals surface area contributed by atoms with Gasteiger partial charge in [-0.05, 0) is 24.1 Å². The smallest absolute Gasteiger partial charge is 0.131 e. The van der Waals surface area contributed by atoms with Crippen LogP contribution in [0.3, 0.4) is 0 Å². The summed E-state index contributed by atoms with van der Waals surface area (Å²) >= 11 is 0. The van der Waals surface area contributed by atoms with Gasteiger partial charge in [0.05, 0.1) is 18.7 Å². The average molecular weight is 276 g/mol. The van der Waals surface area contributed by atoms with Gasteiger partial charge in [0.25, 0.3) is 0 Å². The molecule has 0 unspecified atom stereocenters. The van der Waals surface area contributed by atoms with Crippen LogP contribution in [0.4, 0.5) is 0 Å². The number of benzene rings is 1. The van der Waals surface area contributed by atoms with Gasteiger partial charge in [-0.15, -0.1) is 19.3 Å². The van der Waals surface area contributed by atoms with E-state index in [0.717, 1.165) is 29.4 Å². The maximum atomic E-state index is 9.88. The Morgan fingerprint density at radius 1 is 1.14 bits per heavy atom. The first-order valence-corrected chi connectivity index (χ1v) is 6.59. The summed E-state index contributed by atoms with van der Waals surface area (Å²) in [5.41, 5.74) is 2.48. The molecule has 0 saturated heterocycles. The van der Waals surface area contributed by atoms with E-state index in [9.17, 15) is 5.11 Å². The lowest BCUT2D eigenvalue weighted by Gasteiger charge is -2.16. The highest BCUT2D eigenvalue weighted by molar-refractivity contribution is 5.91. The van der Waals surface area contributed by atoms with Gasteiger partial charge in [0.2, 0.25) is 0 Å². The van der Waals surface area contributed by atoms with E-state index in [2.05, 4.69) is 22.7 Å². The summed E-state index contributed by atoms with van der Waals surface area (Å²) in [7, 11) is 0. The SMILES string of the molecule is C#CCN(CC#C)CCc1c[nH]c2ccc(O)c(C#C)c12. The molecule has 3 nitrogen and oxygen atoms in total. The Morgan fingerprint density at radius 2 is 1.86 bits per heavy atom. The van der Waals surface area contributed by atoms with Gasteiger partial charge in [-0.2, -0.15) is 0 Å². The van der Waals surface area contributed by atoms with E-state index in [0.29, 0.717) is 18.7 Å². The number of rotatable bonds is 5. The fraction of sp³-hybridized carbons (Fsp3) is 0.222. The van der Waals surface area contributed by atoms with Crippen LogP contribution in [0.1, 0.15) is 11.1 Å². The molecule has 0 saturated carbocycles. The van der Waals surface area contributed by atoms with Crippen LogP contribution < -0.4 is 0 Å². The minimum atomic E-state index is 0.120. The molecule has 0 fully saturated rings. The molecule has 0 atom stereocenters. The van der Waals surface area contributed by atoms with Crippen molar-refractivity contribution < 1.29 is 5.11 Å². The van der Waals surface area contributed by atoms with E-state index in [-0.39, 0.29) is 5.75 Å². The quantitative estimate of drug-likeness (QED) is 0.820. The molecule has 0 bridgehead atoms. The lowest BCUT2D eigenvalue weighted by Crippen LogP contribution is -2.26. The molecule has 0 aliphatic carbocycles. The summed E-state index contributed by atoms with van der Waals surface area (Å²) in [5, 5.41) is 10.8. The van der Waals surface area contributed by atoms with Gasteiger partial charge in [0.1, 0.15) is 5.75 Å². The maximum absolute atomic E-state index is 9.88. The zero-order chi connectivity index (χ0) is 15.2. The number of hydrogen-bond acceptors (Lipinski definition) is 2. The van der Waals surface area contributed by atoms with Crippen molar-refractivity contribution in [2.45, 2.75) is 6.42 Å². The highest BCUT2D eigenvalue weighted by Gasteiger charge is 2.12.